The van der Waals surface area contributed by atoms with Gasteiger partial charge in [-0.25, -0.2) is 9.37 Å². The smallest absolute Gasteiger partial charge is 0.311 e. The summed E-state index contributed by atoms with van der Waals surface area (Å²) < 4.78 is 13.1. The molecule has 2 atom stereocenters. The Bertz CT molecular complexity index is 895. The predicted octanol–water partition coefficient (Wildman–Crippen LogP) is 3.51. The number of aromatic nitrogens is 1. The normalized spacial score (nSPS) is 24.2. The lowest BCUT2D eigenvalue weighted by molar-refractivity contribution is -0.149. The number of nitrogens with zero attached hydrogens (tertiary/aromatic N) is 2. The van der Waals surface area contributed by atoms with Crippen LogP contribution in [0.3, 0.4) is 0 Å². The molecular weight excluding hydrogens is 367 g/mol. The Morgan fingerprint density at radius 2 is 2.11 bits per heavy atom. The van der Waals surface area contributed by atoms with E-state index >= 15 is 0 Å². The van der Waals surface area contributed by atoms with Crippen LogP contribution in [-0.4, -0.2) is 40.0 Å². The number of hydrogen-bond donors (Lipinski definition) is 1. The fourth-order valence-corrected chi connectivity index (χ4v) is 5.51. The van der Waals surface area contributed by atoms with Crippen LogP contribution in [0.2, 0.25) is 0 Å². The quantitative estimate of drug-likeness (QED) is 0.870. The first kappa shape index (κ1) is 18.1. The van der Waals surface area contributed by atoms with E-state index in [4.69, 9.17) is 0 Å². The number of carbonyl (C=O) groups is 2. The molecule has 1 aliphatic carbocycles. The van der Waals surface area contributed by atoms with Crippen LogP contribution in [0.15, 0.2) is 24.3 Å². The molecule has 2 aromatic rings. The van der Waals surface area contributed by atoms with Gasteiger partial charge in [-0.05, 0) is 43.4 Å². The van der Waals surface area contributed by atoms with Crippen molar-refractivity contribution in [2.75, 3.05) is 13.1 Å². The molecule has 1 aromatic heterocycles. The number of carbonyl (C=O) groups excluding carboxylic acids is 1. The highest BCUT2D eigenvalue weighted by molar-refractivity contribution is 7.13. The summed E-state index contributed by atoms with van der Waals surface area (Å²) in [5, 5.41) is 10.5. The van der Waals surface area contributed by atoms with Gasteiger partial charge in [0.15, 0.2) is 0 Å². The monoisotopic (exact) mass is 388 g/mol. The van der Waals surface area contributed by atoms with E-state index in [0.29, 0.717) is 30.0 Å². The molecule has 0 spiro atoms. The van der Waals surface area contributed by atoms with E-state index in [9.17, 15) is 19.1 Å². The number of aliphatic carboxylic acids is 1. The van der Waals surface area contributed by atoms with Gasteiger partial charge in [0.05, 0.1) is 16.1 Å². The molecule has 142 valence electrons. The van der Waals surface area contributed by atoms with Gasteiger partial charge < -0.3 is 10.0 Å². The van der Waals surface area contributed by atoms with Crippen LogP contribution in [0.4, 0.5) is 4.39 Å². The van der Waals surface area contributed by atoms with Crippen molar-refractivity contribution >= 4 is 23.2 Å². The minimum absolute atomic E-state index is 0.0471. The number of thiazole rings is 1. The Labute approximate surface area is 160 Å². The summed E-state index contributed by atoms with van der Waals surface area (Å²) in [6.07, 6.45) is 2.98. The van der Waals surface area contributed by atoms with Gasteiger partial charge in [-0.2, -0.15) is 0 Å². The molecule has 1 saturated heterocycles. The van der Waals surface area contributed by atoms with Crippen molar-refractivity contribution < 1.29 is 19.1 Å². The Morgan fingerprint density at radius 3 is 2.78 bits per heavy atom. The molecule has 0 radical (unpaired) electrons. The van der Waals surface area contributed by atoms with Crippen molar-refractivity contribution in [2.24, 2.45) is 11.3 Å². The average Bonchev–Trinajstić information content (AvgIpc) is 3.29. The van der Waals surface area contributed by atoms with E-state index in [0.717, 1.165) is 23.4 Å². The van der Waals surface area contributed by atoms with E-state index in [-0.39, 0.29) is 24.2 Å². The van der Waals surface area contributed by atoms with Crippen LogP contribution in [0.5, 0.6) is 0 Å². The van der Waals surface area contributed by atoms with Gasteiger partial charge in [-0.3, -0.25) is 9.59 Å². The topological polar surface area (TPSA) is 70.5 Å². The number of likely N-dealkylation sites (tertiary alicyclic amines) is 1. The minimum atomic E-state index is -0.779. The van der Waals surface area contributed by atoms with Crippen molar-refractivity contribution in [3.05, 3.63) is 51.2 Å². The second kappa shape index (κ2) is 6.71. The number of rotatable bonds is 4. The van der Waals surface area contributed by atoms with Gasteiger partial charge in [0.1, 0.15) is 10.7 Å². The van der Waals surface area contributed by atoms with E-state index in [1.165, 1.54) is 23.5 Å². The molecule has 2 fully saturated rings. The molecule has 1 saturated carbocycles. The minimum Gasteiger partial charge on any atom is -0.481 e. The molecule has 2 aliphatic rings. The van der Waals surface area contributed by atoms with Gasteiger partial charge in [-0.15, -0.1) is 11.3 Å². The maximum atomic E-state index is 13.1. The van der Waals surface area contributed by atoms with Crippen molar-refractivity contribution in [3.8, 4) is 0 Å². The van der Waals surface area contributed by atoms with E-state index in [1.54, 1.807) is 17.0 Å². The first-order valence-electron chi connectivity index (χ1n) is 9.12. The first-order valence-corrected chi connectivity index (χ1v) is 9.94. The Morgan fingerprint density at radius 1 is 1.37 bits per heavy atom. The molecule has 0 bridgehead atoms. The second-order valence-corrected chi connectivity index (χ2v) is 8.65. The molecule has 4 rings (SSSR count). The maximum absolute atomic E-state index is 13.1. The number of hydrogen-bond acceptors (Lipinski definition) is 4. The third-order valence-corrected chi connectivity index (χ3v) is 7.03. The summed E-state index contributed by atoms with van der Waals surface area (Å²) in [5.74, 6) is -1.13. The van der Waals surface area contributed by atoms with Gasteiger partial charge in [0, 0.05) is 19.5 Å². The molecule has 5 nitrogen and oxygen atoms in total. The number of carboxylic acids is 1. The van der Waals surface area contributed by atoms with Crippen LogP contribution in [0.25, 0.3) is 0 Å². The summed E-state index contributed by atoms with van der Waals surface area (Å²) >= 11 is 1.35. The standard InChI is InChI=1S/C20H21FN2O3S/c1-12-17(27-16(22-12)9-13-4-6-15(21)7-5-13)18(24)23-10-14-3-2-8-20(14,11-23)19(25)26/h4-7,14H,2-3,8-11H2,1H3,(H,25,26)/t14-,20+/m0/s1. The van der Waals surface area contributed by atoms with E-state index < -0.39 is 11.4 Å². The fraction of sp³-hybridized carbons (Fsp3) is 0.450. The van der Waals surface area contributed by atoms with Crippen LogP contribution in [0.1, 0.15) is 45.2 Å². The molecule has 0 unspecified atom stereocenters. The molecular formula is C20H21FN2O3S. The number of carboxylic acid groups (broad SMARTS) is 1. The Kier molecular flexibility index (Phi) is 4.50. The third kappa shape index (κ3) is 3.14. The third-order valence-electron chi connectivity index (χ3n) is 5.89. The number of fused-ring (bicyclic) bond motifs is 1. The predicted molar refractivity (Wildman–Crippen MR) is 99.4 cm³/mol. The van der Waals surface area contributed by atoms with Crippen molar-refractivity contribution in [1.82, 2.24) is 9.88 Å². The number of halogens is 1. The number of aryl methyl sites for hydroxylation is 1. The van der Waals surface area contributed by atoms with Crippen LogP contribution >= 0.6 is 11.3 Å². The highest BCUT2D eigenvalue weighted by Gasteiger charge is 2.56. The lowest BCUT2D eigenvalue weighted by atomic mass is 9.81. The van der Waals surface area contributed by atoms with Gasteiger partial charge in [-0.1, -0.05) is 18.6 Å². The molecule has 1 N–H and O–H groups in total. The highest BCUT2D eigenvalue weighted by Crippen LogP contribution is 2.49. The lowest BCUT2D eigenvalue weighted by Crippen LogP contribution is -2.37. The molecule has 1 aliphatic heterocycles. The summed E-state index contributed by atoms with van der Waals surface area (Å²) in [7, 11) is 0. The van der Waals surface area contributed by atoms with Gasteiger partial charge in [0.2, 0.25) is 0 Å². The van der Waals surface area contributed by atoms with E-state index in [1.807, 2.05) is 6.92 Å². The largest absolute Gasteiger partial charge is 0.481 e. The van der Waals surface area contributed by atoms with Crippen molar-refractivity contribution in [2.45, 2.75) is 32.6 Å². The fourth-order valence-electron chi connectivity index (χ4n) is 4.44. The molecule has 1 amide bonds. The van der Waals surface area contributed by atoms with Crippen molar-refractivity contribution in [1.29, 1.82) is 0 Å². The summed E-state index contributed by atoms with van der Waals surface area (Å²) in [6.45, 7) is 2.61. The SMILES string of the molecule is Cc1nc(Cc2ccc(F)cc2)sc1C(=O)N1C[C@@H]2CCC[C@@]2(C(=O)O)C1. The molecule has 7 heteroatoms. The zero-order chi connectivity index (χ0) is 19.2. The maximum Gasteiger partial charge on any atom is 0.311 e. The zero-order valence-corrected chi connectivity index (χ0v) is 15.9. The first-order chi connectivity index (χ1) is 12.9. The zero-order valence-electron chi connectivity index (χ0n) is 15.1. The number of amides is 1. The average molecular weight is 388 g/mol. The number of benzene rings is 1. The van der Waals surface area contributed by atoms with Gasteiger partial charge >= 0.3 is 5.97 Å². The van der Waals surface area contributed by atoms with E-state index in [2.05, 4.69) is 4.98 Å². The van der Waals surface area contributed by atoms with Crippen LogP contribution < -0.4 is 0 Å². The summed E-state index contributed by atoms with van der Waals surface area (Å²) in [4.78, 5) is 31.6. The summed E-state index contributed by atoms with van der Waals surface area (Å²) in [5.41, 5.74) is 0.832. The Hall–Kier alpha value is -2.28. The van der Waals surface area contributed by atoms with Crippen molar-refractivity contribution in [3.63, 3.8) is 0 Å². The molecule has 1 aromatic carbocycles. The summed E-state index contributed by atoms with van der Waals surface area (Å²) in [6, 6.07) is 6.25. The molecule has 27 heavy (non-hydrogen) atoms. The molecule has 2 heterocycles. The second-order valence-electron chi connectivity index (χ2n) is 7.56. The highest BCUT2D eigenvalue weighted by atomic mass is 32.1. The van der Waals surface area contributed by atoms with Gasteiger partial charge in [0.25, 0.3) is 5.91 Å². The van der Waals surface area contributed by atoms with Crippen LogP contribution in [-0.2, 0) is 11.2 Å². The Balaban J connectivity index is 1.52. The lowest BCUT2D eigenvalue weighted by Gasteiger charge is -2.23. The van der Waals surface area contributed by atoms with Crippen LogP contribution in [0, 0.1) is 24.1 Å².